The lowest BCUT2D eigenvalue weighted by atomic mass is 9.98. The predicted molar refractivity (Wildman–Crippen MR) is 144 cm³/mol. The van der Waals surface area contributed by atoms with Crippen molar-refractivity contribution < 1.29 is 14.3 Å². The van der Waals surface area contributed by atoms with E-state index >= 15 is 0 Å². The summed E-state index contributed by atoms with van der Waals surface area (Å²) >= 11 is 6.41. The maximum Gasteiger partial charge on any atom is 0.410 e. The highest BCUT2D eigenvalue weighted by molar-refractivity contribution is 6.31. The number of aromatic nitrogens is 3. The van der Waals surface area contributed by atoms with E-state index in [0.29, 0.717) is 12.3 Å². The molecule has 0 atom stereocenters. The Morgan fingerprint density at radius 3 is 2.72 bits per heavy atom. The summed E-state index contributed by atoms with van der Waals surface area (Å²) in [6.07, 6.45) is 5.64. The molecule has 0 saturated carbocycles. The van der Waals surface area contributed by atoms with Crippen LogP contribution in [0.15, 0.2) is 55.0 Å². The van der Waals surface area contributed by atoms with Crippen LogP contribution in [-0.2, 0) is 11.2 Å². The van der Waals surface area contributed by atoms with Gasteiger partial charge >= 0.3 is 6.09 Å². The molecule has 4 aromatic rings. The first kappa shape index (κ1) is 25.5. The molecule has 0 aliphatic carbocycles. The molecular formula is C28H31ClN4O3. The second-order valence-corrected chi connectivity index (χ2v) is 9.96. The molecule has 0 aliphatic heterocycles. The number of benzene rings is 1. The number of amides is 1. The van der Waals surface area contributed by atoms with Gasteiger partial charge in [-0.05, 0) is 68.7 Å². The van der Waals surface area contributed by atoms with E-state index in [0.717, 1.165) is 50.4 Å². The lowest BCUT2D eigenvalue weighted by Crippen LogP contribution is -2.36. The first-order valence-electron chi connectivity index (χ1n) is 11.9. The largest absolute Gasteiger partial charge is 0.489 e. The first-order chi connectivity index (χ1) is 17.2. The minimum absolute atomic E-state index is 0.281. The molecule has 7 nitrogen and oxygen atoms in total. The molecule has 0 unspecified atom stereocenters. The number of H-pyrrole nitrogens is 1. The number of likely N-dealkylation sites (N-methyl/N-ethyl adjacent to an activating group) is 1. The molecule has 1 N–H and O–H groups in total. The molecule has 0 spiro atoms. The Morgan fingerprint density at radius 2 is 1.97 bits per heavy atom. The van der Waals surface area contributed by atoms with Gasteiger partial charge < -0.3 is 19.4 Å². The van der Waals surface area contributed by atoms with E-state index in [2.05, 4.69) is 27.9 Å². The molecule has 188 valence electrons. The van der Waals surface area contributed by atoms with Crippen LogP contribution in [-0.4, -0.2) is 51.7 Å². The van der Waals surface area contributed by atoms with Crippen LogP contribution in [0.5, 0.6) is 5.75 Å². The maximum absolute atomic E-state index is 12.3. The van der Waals surface area contributed by atoms with E-state index in [1.165, 1.54) is 4.90 Å². The normalized spacial score (nSPS) is 11.5. The number of pyridine rings is 2. The second kappa shape index (κ2) is 10.6. The fourth-order valence-electron chi connectivity index (χ4n) is 3.93. The molecule has 1 aromatic carbocycles. The van der Waals surface area contributed by atoms with E-state index < -0.39 is 11.7 Å². The molecule has 36 heavy (non-hydrogen) atoms. The molecule has 4 rings (SSSR count). The Bertz CT molecular complexity index is 1380. The highest BCUT2D eigenvalue weighted by Crippen LogP contribution is 2.41. The standard InChI is InChI=1S/C28H31ClN4O3/c1-6-18-16-19(9-10-21(18)29)24-25(32-22-8-7-12-31-26(22)24)20-11-13-30-17-23(20)35-15-14-33(5)27(34)36-28(2,3)4/h7-13,16-17,32H,6,14-15H2,1-5H3. The Labute approximate surface area is 216 Å². The number of aromatic amines is 1. The maximum atomic E-state index is 12.3. The van der Waals surface area contributed by atoms with Crippen LogP contribution < -0.4 is 4.74 Å². The van der Waals surface area contributed by atoms with Crippen LogP contribution in [0.25, 0.3) is 33.4 Å². The summed E-state index contributed by atoms with van der Waals surface area (Å²) in [7, 11) is 1.69. The minimum Gasteiger partial charge on any atom is -0.489 e. The number of fused-ring (bicyclic) bond motifs is 1. The van der Waals surface area contributed by atoms with E-state index in [-0.39, 0.29) is 6.61 Å². The number of nitrogens with zero attached hydrogens (tertiary/aromatic N) is 3. The number of hydrogen-bond acceptors (Lipinski definition) is 5. The van der Waals surface area contributed by atoms with Gasteiger partial charge in [-0.2, -0.15) is 0 Å². The van der Waals surface area contributed by atoms with Crippen LogP contribution in [0.3, 0.4) is 0 Å². The molecule has 3 heterocycles. The zero-order valence-electron chi connectivity index (χ0n) is 21.3. The van der Waals surface area contributed by atoms with Gasteiger partial charge in [0.1, 0.15) is 18.0 Å². The van der Waals surface area contributed by atoms with Gasteiger partial charge in [-0.3, -0.25) is 9.97 Å². The Hall–Kier alpha value is -3.58. The van der Waals surface area contributed by atoms with E-state index in [4.69, 9.17) is 21.1 Å². The van der Waals surface area contributed by atoms with Crippen LogP contribution >= 0.6 is 11.6 Å². The highest BCUT2D eigenvalue weighted by atomic mass is 35.5. The van der Waals surface area contributed by atoms with Gasteiger partial charge in [-0.15, -0.1) is 0 Å². The highest BCUT2D eigenvalue weighted by Gasteiger charge is 2.21. The summed E-state index contributed by atoms with van der Waals surface area (Å²) in [4.78, 5) is 26.2. The van der Waals surface area contributed by atoms with Gasteiger partial charge in [0.05, 0.1) is 29.5 Å². The van der Waals surface area contributed by atoms with Crippen molar-refractivity contribution >= 4 is 28.7 Å². The van der Waals surface area contributed by atoms with Gasteiger partial charge in [0.25, 0.3) is 0 Å². The third-order valence-electron chi connectivity index (χ3n) is 5.71. The van der Waals surface area contributed by atoms with Gasteiger partial charge in [0.15, 0.2) is 0 Å². The molecule has 0 saturated heterocycles. The van der Waals surface area contributed by atoms with Crippen LogP contribution in [0.4, 0.5) is 4.79 Å². The van der Waals surface area contributed by atoms with Crippen molar-refractivity contribution in [1.29, 1.82) is 0 Å². The number of rotatable bonds is 7. The minimum atomic E-state index is -0.553. The zero-order chi connectivity index (χ0) is 25.9. The fraction of sp³-hybridized carbons (Fsp3) is 0.321. The quantitative estimate of drug-likeness (QED) is 0.299. The van der Waals surface area contributed by atoms with Gasteiger partial charge in [-0.25, -0.2) is 4.79 Å². The Kier molecular flexibility index (Phi) is 7.50. The average molecular weight is 507 g/mol. The summed E-state index contributed by atoms with van der Waals surface area (Å²) in [6, 6.07) is 11.9. The van der Waals surface area contributed by atoms with Crippen molar-refractivity contribution in [1.82, 2.24) is 19.9 Å². The molecule has 0 bridgehead atoms. The van der Waals surface area contributed by atoms with Gasteiger partial charge in [0.2, 0.25) is 0 Å². The van der Waals surface area contributed by atoms with Crippen molar-refractivity contribution in [2.45, 2.75) is 39.7 Å². The van der Waals surface area contributed by atoms with Crippen LogP contribution in [0.2, 0.25) is 5.02 Å². The molecule has 8 heteroatoms. The molecule has 0 aliphatic rings. The Balaban J connectivity index is 1.67. The van der Waals surface area contributed by atoms with Crippen molar-refractivity contribution in [2.24, 2.45) is 0 Å². The Morgan fingerprint density at radius 1 is 1.17 bits per heavy atom. The molecule has 0 fully saturated rings. The number of hydrogen-bond donors (Lipinski definition) is 1. The van der Waals surface area contributed by atoms with Crippen LogP contribution in [0.1, 0.15) is 33.3 Å². The summed E-state index contributed by atoms with van der Waals surface area (Å²) < 4.78 is 11.5. The van der Waals surface area contributed by atoms with E-state index in [1.807, 2.05) is 51.1 Å². The van der Waals surface area contributed by atoms with Crippen molar-refractivity contribution in [3.8, 4) is 28.1 Å². The third kappa shape index (κ3) is 5.62. The summed E-state index contributed by atoms with van der Waals surface area (Å²) in [5, 5.41) is 0.748. The summed E-state index contributed by atoms with van der Waals surface area (Å²) in [6.45, 7) is 8.25. The topological polar surface area (TPSA) is 80.3 Å². The average Bonchev–Trinajstić information content (AvgIpc) is 3.23. The smallest absolute Gasteiger partial charge is 0.410 e. The number of halogens is 1. The van der Waals surface area contributed by atoms with Crippen LogP contribution in [0, 0.1) is 0 Å². The molecule has 0 radical (unpaired) electrons. The number of carbonyl (C=O) groups is 1. The number of nitrogens with one attached hydrogen (secondary N) is 1. The van der Waals surface area contributed by atoms with Gasteiger partial charge in [-0.1, -0.05) is 24.6 Å². The van der Waals surface area contributed by atoms with Crippen molar-refractivity contribution in [3.05, 3.63) is 65.6 Å². The lowest BCUT2D eigenvalue weighted by molar-refractivity contribution is 0.0278. The zero-order valence-corrected chi connectivity index (χ0v) is 22.0. The molecule has 1 amide bonds. The third-order valence-corrected chi connectivity index (χ3v) is 6.08. The number of ether oxygens (including phenoxy) is 2. The number of carbonyl (C=O) groups excluding carboxylic acids is 1. The van der Waals surface area contributed by atoms with Crippen molar-refractivity contribution in [3.63, 3.8) is 0 Å². The first-order valence-corrected chi connectivity index (χ1v) is 12.3. The predicted octanol–water partition coefficient (Wildman–Crippen LogP) is 6.75. The van der Waals surface area contributed by atoms with Crippen molar-refractivity contribution in [2.75, 3.05) is 20.2 Å². The second-order valence-electron chi connectivity index (χ2n) is 9.56. The molecular weight excluding hydrogens is 476 g/mol. The van der Waals surface area contributed by atoms with E-state index in [1.54, 1.807) is 25.6 Å². The lowest BCUT2D eigenvalue weighted by Gasteiger charge is -2.24. The SMILES string of the molecule is CCc1cc(-c2c(-c3ccncc3OCCN(C)C(=O)OC(C)(C)C)[nH]c3cccnc23)ccc1Cl. The summed E-state index contributed by atoms with van der Waals surface area (Å²) in [5.41, 5.74) is 6.02. The molecule has 3 aromatic heterocycles. The van der Waals surface area contributed by atoms with Gasteiger partial charge in [0, 0.05) is 35.6 Å². The summed E-state index contributed by atoms with van der Waals surface area (Å²) in [5.74, 6) is 0.604. The van der Waals surface area contributed by atoms with E-state index in [9.17, 15) is 4.79 Å². The monoisotopic (exact) mass is 506 g/mol. The number of aryl methyl sites for hydroxylation is 1. The fourth-order valence-corrected chi connectivity index (χ4v) is 4.18.